The molecule has 0 rings (SSSR count). The van der Waals surface area contributed by atoms with Crippen LogP contribution in [0.5, 0.6) is 0 Å². The molecule has 0 radical (unpaired) electrons. The van der Waals surface area contributed by atoms with Crippen LogP contribution < -0.4 is 4.89 Å². The van der Waals surface area contributed by atoms with Crippen molar-refractivity contribution < 1.29 is 42.1 Å². The molecule has 0 saturated heterocycles. The van der Waals surface area contributed by atoms with Crippen LogP contribution in [-0.2, 0) is 32.7 Å². The fourth-order valence-corrected chi connectivity index (χ4v) is 6.33. The van der Waals surface area contributed by atoms with E-state index >= 15 is 0 Å². The van der Waals surface area contributed by atoms with Crippen LogP contribution in [0.2, 0.25) is 0 Å². The summed E-state index contributed by atoms with van der Waals surface area (Å²) >= 11 is 0. The second kappa shape index (κ2) is 39.6. The Morgan fingerprint density at radius 1 is 0.569 bits per heavy atom. The monoisotopic (exact) mass is 832 g/mol. The summed E-state index contributed by atoms with van der Waals surface area (Å²) in [7, 11) is 1.06. The van der Waals surface area contributed by atoms with Gasteiger partial charge in [-0.2, -0.15) is 0 Å². The molecule has 0 heterocycles. The molecule has 0 fully saturated rings. The lowest BCUT2D eigenvalue weighted by Gasteiger charge is -2.28. The smallest absolute Gasteiger partial charge is 0.331 e. The molecule has 0 aliphatic heterocycles. The highest BCUT2D eigenvalue weighted by Crippen LogP contribution is 2.38. The van der Waals surface area contributed by atoms with Crippen molar-refractivity contribution in [2.75, 3.05) is 47.5 Å². The average molecular weight is 832 g/mol. The molecule has 2 atom stereocenters. The van der Waals surface area contributed by atoms with E-state index in [0.717, 1.165) is 38.5 Å². The van der Waals surface area contributed by atoms with Gasteiger partial charge in [0.1, 0.15) is 19.8 Å². The third-order valence-corrected chi connectivity index (χ3v) is 10.1. The van der Waals surface area contributed by atoms with Crippen LogP contribution >= 0.6 is 7.82 Å². The van der Waals surface area contributed by atoms with Gasteiger partial charge in [-0.25, -0.2) is 4.79 Å². The summed E-state index contributed by atoms with van der Waals surface area (Å²) in [6, 6.07) is 0. The maximum absolute atomic E-state index is 12.6. The molecule has 0 N–H and O–H groups in total. The normalized spacial score (nSPS) is 14.4. The zero-order valence-electron chi connectivity index (χ0n) is 37.2. The Hall–Kier alpha value is -2.81. The summed E-state index contributed by atoms with van der Waals surface area (Å²) in [6.07, 6.45) is 51.1. The van der Waals surface area contributed by atoms with Crippen molar-refractivity contribution in [3.8, 4) is 0 Å². The zero-order chi connectivity index (χ0) is 42.8. The van der Waals surface area contributed by atoms with Gasteiger partial charge < -0.3 is 27.9 Å². The summed E-state index contributed by atoms with van der Waals surface area (Å²) in [5.41, 5.74) is 0. The third kappa shape index (κ3) is 42.8. The van der Waals surface area contributed by atoms with Crippen molar-refractivity contribution in [1.82, 2.24) is 0 Å². The highest BCUT2D eigenvalue weighted by atomic mass is 31.2. The van der Waals surface area contributed by atoms with Crippen LogP contribution in [0.1, 0.15) is 155 Å². The van der Waals surface area contributed by atoms with Gasteiger partial charge in [0.05, 0.1) is 27.7 Å². The number of likely N-dealkylation sites (N-methyl/N-ethyl adjacent to an activating group) is 1. The van der Waals surface area contributed by atoms with E-state index in [1.165, 1.54) is 102 Å². The molecule has 0 aromatic rings. The van der Waals surface area contributed by atoms with Crippen molar-refractivity contribution in [3.63, 3.8) is 0 Å². The Bertz CT molecular complexity index is 1260. The number of phosphoric acid groups is 1. The van der Waals surface area contributed by atoms with Gasteiger partial charge in [0.2, 0.25) is 0 Å². The molecule has 10 heteroatoms. The molecule has 9 nitrogen and oxygen atoms in total. The molecule has 0 aliphatic carbocycles. The number of ether oxygens (including phenoxy) is 2. The molecule has 0 bridgehead atoms. The Labute approximate surface area is 354 Å². The van der Waals surface area contributed by atoms with Gasteiger partial charge in [-0.1, -0.05) is 183 Å². The van der Waals surface area contributed by atoms with Crippen molar-refractivity contribution in [2.24, 2.45) is 0 Å². The molecule has 0 aliphatic rings. The lowest BCUT2D eigenvalue weighted by molar-refractivity contribution is -0.870. The van der Waals surface area contributed by atoms with Gasteiger partial charge >= 0.3 is 11.9 Å². The number of rotatable bonds is 39. The summed E-state index contributed by atoms with van der Waals surface area (Å²) in [5.74, 6) is -1.17. The van der Waals surface area contributed by atoms with Crippen molar-refractivity contribution >= 4 is 19.8 Å². The quantitative estimate of drug-likeness (QED) is 0.0114. The van der Waals surface area contributed by atoms with Crippen molar-refractivity contribution in [1.29, 1.82) is 0 Å². The predicted molar refractivity (Wildman–Crippen MR) is 240 cm³/mol. The Morgan fingerprint density at radius 2 is 1.02 bits per heavy atom. The second-order valence-corrected chi connectivity index (χ2v) is 17.3. The fraction of sp³-hybridized carbons (Fsp3) is 0.667. The number of unbranched alkanes of at least 4 members (excludes halogenated alkanes) is 18. The Balaban J connectivity index is 4.63. The third-order valence-electron chi connectivity index (χ3n) is 9.13. The summed E-state index contributed by atoms with van der Waals surface area (Å²) in [5, 5.41) is 0. The molecule has 1 unspecified atom stereocenters. The number of nitrogens with zero attached hydrogens (tertiary/aromatic N) is 1. The van der Waals surface area contributed by atoms with Crippen LogP contribution in [-0.4, -0.2) is 70.0 Å². The van der Waals surface area contributed by atoms with E-state index in [9.17, 15) is 19.0 Å². The molecular formula is C48H82NO8P. The van der Waals surface area contributed by atoms with Crippen LogP contribution in [0.25, 0.3) is 0 Å². The predicted octanol–water partition coefficient (Wildman–Crippen LogP) is 12.2. The Morgan fingerprint density at radius 3 is 1.53 bits per heavy atom. The number of allylic oxidation sites excluding steroid dienone is 13. The van der Waals surface area contributed by atoms with Crippen molar-refractivity contribution in [3.05, 3.63) is 85.1 Å². The number of hydrogen-bond acceptors (Lipinski definition) is 8. The number of quaternary nitrogens is 1. The van der Waals surface area contributed by atoms with E-state index in [4.69, 9.17) is 18.5 Å². The molecule has 58 heavy (non-hydrogen) atoms. The fourth-order valence-electron chi connectivity index (χ4n) is 5.60. The van der Waals surface area contributed by atoms with Gasteiger partial charge in [0.25, 0.3) is 7.82 Å². The van der Waals surface area contributed by atoms with Crippen LogP contribution in [0.3, 0.4) is 0 Å². The van der Waals surface area contributed by atoms with Crippen LogP contribution in [0, 0.1) is 0 Å². The maximum Gasteiger partial charge on any atom is 0.331 e. The minimum Gasteiger partial charge on any atom is -0.756 e. The van der Waals surface area contributed by atoms with Crippen molar-refractivity contribution in [2.45, 2.75) is 161 Å². The first-order valence-electron chi connectivity index (χ1n) is 22.4. The van der Waals surface area contributed by atoms with E-state index in [-0.39, 0.29) is 19.6 Å². The molecule has 0 aromatic carbocycles. The highest BCUT2D eigenvalue weighted by molar-refractivity contribution is 7.45. The highest BCUT2D eigenvalue weighted by Gasteiger charge is 2.21. The number of phosphoric ester groups is 1. The van der Waals surface area contributed by atoms with Gasteiger partial charge in [-0.15, -0.1) is 0 Å². The second-order valence-electron chi connectivity index (χ2n) is 15.9. The minimum absolute atomic E-state index is 0.0631. The molecule has 332 valence electrons. The van der Waals surface area contributed by atoms with Gasteiger partial charge in [0.15, 0.2) is 6.10 Å². The van der Waals surface area contributed by atoms with E-state index in [2.05, 4.69) is 38.2 Å². The SMILES string of the molecule is CCCCCCCC/C=C\CCCCCCCC(=O)OC[C@H](COP(=O)([O-])OCC[N+](C)(C)C)OC(=O)C=CC=CC=CC=CC=CC=CCCCCCCCCC. The number of hydrogen-bond donors (Lipinski definition) is 0. The summed E-state index contributed by atoms with van der Waals surface area (Å²) < 4.78 is 33.6. The topological polar surface area (TPSA) is 111 Å². The van der Waals surface area contributed by atoms with E-state index < -0.39 is 32.5 Å². The zero-order valence-corrected chi connectivity index (χ0v) is 38.1. The van der Waals surface area contributed by atoms with Gasteiger partial charge in [-0.05, 0) is 44.9 Å². The first-order chi connectivity index (χ1) is 28.0. The van der Waals surface area contributed by atoms with E-state index in [1.54, 1.807) is 12.2 Å². The lowest BCUT2D eigenvalue weighted by Crippen LogP contribution is -2.37. The number of esters is 2. The average Bonchev–Trinajstić information content (AvgIpc) is 3.17. The number of carbonyl (C=O) groups is 2. The molecule has 0 spiro atoms. The largest absolute Gasteiger partial charge is 0.756 e. The summed E-state index contributed by atoms with van der Waals surface area (Å²) in [6.45, 7) is 3.99. The van der Waals surface area contributed by atoms with Crippen LogP contribution in [0.15, 0.2) is 85.1 Å². The molecule has 0 aromatic heterocycles. The minimum atomic E-state index is -4.67. The van der Waals surface area contributed by atoms with Gasteiger partial charge in [0, 0.05) is 12.5 Å². The number of carbonyl (C=O) groups excluding carboxylic acids is 2. The van der Waals surface area contributed by atoms with Crippen LogP contribution in [0.4, 0.5) is 0 Å². The maximum atomic E-state index is 12.6. The first-order valence-corrected chi connectivity index (χ1v) is 23.9. The lowest BCUT2D eigenvalue weighted by atomic mass is 10.1. The molecule has 0 saturated carbocycles. The first kappa shape index (κ1) is 55.2. The summed E-state index contributed by atoms with van der Waals surface area (Å²) in [4.78, 5) is 37.4. The van der Waals surface area contributed by atoms with Gasteiger partial charge in [-0.3, -0.25) is 9.36 Å². The standard InChI is InChI=1S/C48H82NO8P/c1-6-8-10-12-14-16-18-20-22-23-24-25-27-29-31-33-35-37-39-41-48(51)57-46(45-56-58(52,53)55-43-42-49(3,4)5)44-54-47(50)40-38-36-34-32-30-28-26-21-19-17-15-13-11-9-7-2/h21-27,29,31,33,35,37,39,41,46H,6-20,28,30,32,34,36,38,40,42-45H2,1-5H3/b23-22?,25-24?,26-21-,29-27?,33-31?,37-35?,41-39?/t46-/m1/s1. The molecular weight excluding hydrogens is 750 g/mol. The molecule has 0 amide bonds. The van der Waals surface area contributed by atoms with E-state index in [0.29, 0.717) is 17.4 Å². The Kier molecular flexibility index (Phi) is 37.7. The van der Waals surface area contributed by atoms with E-state index in [1.807, 2.05) is 57.6 Å².